The summed E-state index contributed by atoms with van der Waals surface area (Å²) < 4.78 is 13.6. The summed E-state index contributed by atoms with van der Waals surface area (Å²) in [6.07, 6.45) is 0.546. The van der Waals surface area contributed by atoms with E-state index in [2.05, 4.69) is 21.2 Å². The number of nitrogens with zero attached hydrogens (tertiary/aromatic N) is 1. The highest BCUT2D eigenvalue weighted by atomic mass is 79.9. The molecule has 1 saturated heterocycles. The van der Waals surface area contributed by atoms with Gasteiger partial charge in [-0.1, -0.05) is 13.0 Å². The third-order valence-electron chi connectivity index (χ3n) is 3.83. The van der Waals surface area contributed by atoms with Crippen LogP contribution in [0.15, 0.2) is 22.7 Å². The highest BCUT2D eigenvalue weighted by Gasteiger charge is 2.45. The van der Waals surface area contributed by atoms with Gasteiger partial charge in [0.1, 0.15) is 17.4 Å². The van der Waals surface area contributed by atoms with E-state index in [0.29, 0.717) is 10.9 Å². The van der Waals surface area contributed by atoms with Crippen LogP contribution in [0.3, 0.4) is 0 Å². The molecular formula is C15H18BrFN2O2. The van der Waals surface area contributed by atoms with Crippen molar-refractivity contribution in [1.82, 2.24) is 10.2 Å². The Hall–Kier alpha value is -1.43. The van der Waals surface area contributed by atoms with Gasteiger partial charge in [-0.15, -0.1) is 0 Å². The fourth-order valence-electron chi connectivity index (χ4n) is 2.36. The first-order valence-electron chi connectivity index (χ1n) is 6.83. The molecule has 2 rings (SSSR count). The van der Waals surface area contributed by atoms with Gasteiger partial charge in [0.05, 0.1) is 4.47 Å². The van der Waals surface area contributed by atoms with Crippen LogP contribution in [0.2, 0.25) is 0 Å². The first kappa shape index (κ1) is 15.9. The van der Waals surface area contributed by atoms with Gasteiger partial charge in [-0.2, -0.15) is 0 Å². The molecule has 2 amide bonds. The summed E-state index contributed by atoms with van der Waals surface area (Å²) in [5.41, 5.74) is -0.155. The Bertz CT molecular complexity index is 589. The van der Waals surface area contributed by atoms with Gasteiger partial charge in [0.25, 0.3) is 0 Å². The van der Waals surface area contributed by atoms with Crippen LogP contribution in [0.25, 0.3) is 0 Å². The number of hydrogen-bond acceptors (Lipinski definition) is 2. The molecule has 0 spiro atoms. The summed E-state index contributed by atoms with van der Waals surface area (Å²) in [6.45, 7) is 5.55. The molecule has 21 heavy (non-hydrogen) atoms. The molecule has 4 nitrogen and oxygen atoms in total. The number of piperazine rings is 1. The Morgan fingerprint density at radius 3 is 2.62 bits per heavy atom. The fraction of sp³-hybridized carbons (Fsp3) is 0.467. The summed E-state index contributed by atoms with van der Waals surface area (Å²) in [6, 6.07) is 4.11. The number of nitrogens with one attached hydrogen (secondary N) is 1. The lowest BCUT2D eigenvalue weighted by Crippen LogP contribution is -2.67. The summed E-state index contributed by atoms with van der Waals surface area (Å²) in [5.74, 6) is -0.634. The molecule has 0 radical (unpaired) electrons. The summed E-state index contributed by atoms with van der Waals surface area (Å²) in [4.78, 5) is 26.2. The average Bonchev–Trinajstić information content (AvgIpc) is 2.43. The first-order chi connectivity index (χ1) is 9.77. The van der Waals surface area contributed by atoms with Gasteiger partial charge in [0.15, 0.2) is 0 Å². The number of hydrogen-bond donors (Lipinski definition) is 1. The van der Waals surface area contributed by atoms with E-state index in [-0.39, 0.29) is 24.2 Å². The molecule has 1 fully saturated rings. The maximum Gasteiger partial charge on any atom is 0.246 e. The van der Waals surface area contributed by atoms with Crippen LogP contribution >= 0.6 is 15.9 Å². The normalized spacial score (nSPS) is 21.4. The standard InChI is InChI=1S/C15H18BrFN2O2/c1-4-12-13(20)19(15(2,3)14(21)18-12)8-9-5-6-11(17)10(16)7-9/h5-7,12H,4,8H2,1-3H3,(H,18,21). The van der Waals surface area contributed by atoms with Gasteiger partial charge in [0, 0.05) is 6.54 Å². The predicted molar refractivity (Wildman–Crippen MR) is 81.0 cm³/mol. The van der Waals surface area contributed by atoms with E-state index >= 15 is 0 Å². The van der Waals surface area contributed by atoms with Crippen LogP contribution in [-0.4, -0.2) is 28.3 Å². The molecule has 1 heterocycles. The van der Waals surface area contributed by atoms with Gasteiger partial charge in [-0.3, -0.25) is 9.59 Å². The van der Waals surface area contributed by atoms with Crippen LogP contribution in [0.1, 0.15) is 32.8 Å². The minimum atomic E-state index is -0.927. The van der Waals surface area contributed by atoms with Crippen molar-refractivity contribution in [3.05, 3.63) is 34.1 Å². The van der Waals surface area contributed by atoms with Gasteiger partial charge in [0.2, 0.25) is 11.8 Å². The third kappa shape index (κ3) is 2.95. The first-order valence-corrected chi connectivity index (χ1v) is 7.63. The van der Waals surface area contributed by atoms with Gasteiger partial charge in [-0.05, 0) is 53.9 Å². The molecule has 0 aliphatic carbocycles. The number of amides is 2. The number of carbonyl (C=O) groups excluding carboxylic acids is 2. The summed E-state index contributed by atoms with van der Waals surface area (Å²) >= 11 is 3.13. The molecule has 0 aromatic heterocycles. The predicted octanol–water partition coefficient (Wildman–Crippen LogP) is 2.60. The highest BCUT2D eigenvalue weighted by Crippen LogP contribution is 2.26. The largest absolute Gasteiger partial charge is 0.342 e. The number of rotatable bonds is 3. The van der Waals surface area contributed by atoms with Crippen molar-refractivity contribution in [3.8, 4) is 0 Å². The molecule has 6 heteroatoms. The van der Waals surface area contributed by atoms with Gasteiger partial charge in [-0.25, -0.2) is 4.39 Å². The van der Waals surface area contributed by atoms with Crippen LogP contribution in [0.5, 0.6) is 0 Å². The second-order valence-electron chi connectivity index (χ2n) is 5.67. The van der Waals surface area contributed by atoms with E-state index in [1.54, 1.807) is 30.9 Å². The molecule has 1 N–H and O–H groups in total. The minimum Gasteiger partial charge on any atom is -0.342 e. The second kappa shape index (κ2) is 5.75. The maximum atomic E-state index is 13.3. The summed E-state index contributed by atoms with van der Waals surface area (Å²) in [7, 11) is 0. The molecule has 1 aliphatic heterocycles. The molecular weight excluding hydrogens is 339 g/mol. The SMILES string of the molecule is CCC1NC(=O)C(C)(C)N(Cc2ccc(F)c(Br)c2)C1=O. The van der Waals surface area contributed by atoms with Crippen molar-refractivity contribution in [2.24, 2.45) is 0 Å². The van der Waals surface area contributed by atoms with Crippen molar-refractivity contribution in [2.45, 2.75) is 45.3 Å². The number of halogens is 2. The quantitative estimate of drug-likeness (QED) is 0.904. The molecule has 1 atom stereocenters. The smallest absolute Gasteiger partial charge is 0.246 e. The van der Waals surface area contributed by atoms with Crippen LogP contribution in [0, 0.1) is 5.82 Å². The second-order valence-corrected chi connectivity index (χ2v) is 6.52. The Morgan fingerprint density at radius 1 is 1.38 bits per heavy atom. The minimum absolute atomic E-state index is 0.109. The monoisotopic (exact) mass is 356 g/mol. The zero-order valence-corrected chi connectivity index (χ0v) is 13.8. The van der Waals surface area contributed by atoms with Crippen molar-refractivity contribution >= 4 is 27.7 Å². The van der Waals surface area contributed by atoms with Gasteiger partial charge < -0.3 is 10.2 Å². The Morgan fingerprint density at radius 2 is 2.05 bits per heavy atom. The lowest BCUT2D eigenvalue weighted by molar-refractivity contribution is -0.156. The van der Waals surface area contributed by atoms with Crippen molar-refractivity contribution in [3.63, 3.8) is 0 Å². The van der Waals surface area contributed by atoms with E-state index in [1.165, 1.54) is 6.07 Å². The molecule has 1 unspecified atom stereocenters. The highest BCUT2D eigenvalue weighted by molar-refractivity contribution is 9.10. The zero-order chi connectivity index (χ0) is 15.8. The lowest BCUT2D eigenvalue weighted by atomic mass is 9.94. The molecule has 0 bridgehead atoms. The van der Waals surface area contributed by atoms with Crippen LogP contribution < -0.4 is 5.32 Å². The molecule has 1 aliphatic rings. The van der Waals surface area contributed by atoms with Crippen LogP contribution in [-0.2, 0) is 16.1 Å². The van der Waals surface area contributed by atoms with E-state index < -0.39 is 11.6 Å². The topological polar surface area (TPSA) is 49.4 Å². The Kier molecular flexibility index (Phi) is 4.37. The van der Waals surface area contributed by atoms with Crippen molar-refractivity contribution < 1.29 is 14.0 Å². The molecule has 1 aromatic rings. The van der Waals surface area contributed by atoms with E-state index in [0.717, 1.165) is 5.56 Å². The van der Waals surface area contributed by atoms with Crippen molar-refractivity contribution in [1.29, 1.82) is 0 Å². The fourth-order valence-corrected chi connectivity index (χ4v) is 2.78. The van der Waals surface area contributed by atoms with E-state index in [9.17, 15) is 14.0 Å². The molecule has 0 saturated carbocycles. The van der Waals surface area contributed by atoms with E-state index in [1.807, 2.05) is 6.92 Å². The Labute approximate surface area is 131 Å². The molecule has 1 aromatic carbocycles. The Balaban J connectivity index is 2.31. The number of carbonyl (C=O) groups is 2. The summed E-state index contributed by atoms with van der Waals surface area (Å²) in [5, 5.41) is 2.74. The van der Waals surface area contributed by atoms with E-state index in [4.69, 9.17) is 0 Å². The van der Waals surface area contributed by atoms with Crippen LogP contribution in [0.4, 0.5) is 4.39 Å². The van der Waals surface area contributed by atoms with Crippen molar-refractivity contribution in [2.75, 3.05) is 0 Å². The molecule has 114 valence electrons. The zero-order valence-electron chi connectivity index (χ0n) is 12.2. The van der Waals surface area contributed by atoms with Gasteiger partial charge >= 0.3 is 0 Å². The lowest BCUT2D eigenvalue weighted by Gasteiger charge is -2.44. The maximum absolute atomic E-state index is 13.3. The number of benzene rings is 1. The third-order valence-corrected chi connectivity index (χ3v) is 4.44. The average molecular weight is 357 g/mol.